The van der Waals surface area contributed by atoms with Crippen molar-refractivity contribution in [1.82, 2.24) is 0 Å². The zero-order valence-corrected chi connectivity index (χ0v) is 15.0. The molecule has 2 rings (SSSR count). The van der Waals surface area contributed by atoms with Gasteiger partial charge in [0.25, 0.3) is 0 Å². The average Bonchev–Trinajstić information content (AvgIpc) is 2.63. The quantitative estimate of drug-likeness (QED) is 0.442. The summed E-state index contributed by atoms with van der Waals surface area (Å²) >= 11 is 0. The van der Waals surface area contributed by atoms with Gasteiger partial charge in [0.15, 0.2) is 8.59 Å². The van der Waals surface area contributed by atoms with E-state index in [1.165, 1.54) is 24.0 Å². The van der Waals surface area contributed by atoms with Crippen LogP contribution in [0.4, 0.5) is 0 Å². The van der Waals surface area contributed by atoms with Crippen LogP contribution in [-0.2, 0) is 0 Å². The van der Waals surface area contributed by atoms with Crippen LogP contribution >= 0.6 is 0 Å². The number of hydrogen-bond donors (Lipinski definition) is 1. The van der Waals surface area contributed by atoms with Crippen LogP contribution in [0.5, 0.6) is 0 Å². The van der Waals surface area contributed by atoms with E-state index in [1.54, 1.807) is 0 Å². The minimum atomic E-state index is -0.924. The molecule has 0 aliphatic carbocycles. The zero-order valence-electron chi connectivity index (χ0n) is 14.0. The molecule has 0 aliphatic rings. The normalized spacial score (nSPS) is 11.8. The topological polar surface area (TPSA) is 32.6 Å². The summed E-state index contributed by atoms with van der Waals surface area (Å²) in [7, 11) is -0.924. The van der Waals surface area contributed by atoms with Gasteiger partial charge in [0.05, 0.1) is 0 Å². The Balaban J connectivity index is 2.02. The van der Waals surface area contributed by atoms with Crippen LogP contribution in [-0.4, -0.2) is 13.8 Å². The fourth-order valence-corrected chi connectivity index (χ4v) is 4.84. The molecular weight excluding hydrogens is 298 g/mol. The van der Waals surface area contributed by atoms with Gasteiger partial charge in [-0.2, -0.15) is 4.80 Å². The summed E-state index contributed by atoms with van der Waals surface area (Å²) in [5.41, 5.74) is 2.75. The molecule has 0 saturated heterocycles. The summed E-state index contributed by atoms with van der Waals surface area (Å²) in [6, 6.07) is 23.6. The lowest BCUT2D eigenvalue weighted by molar-refractivity contribution is 0.321. The molecule has 2 nitrogen and oxygen atoms in total. The van der Waals surface area contributed by atoms with Crippen molar-refractivity contribution >= 4 is 8.59 Å². The second-order valence-electron chi connectivity index (χ2n) is 6.04. The van der Waals surface area contributed by atoms with Crippen molar-refractivity contribution < 1.29 is 5.21 Å². The summed E-state index contributed by atoms with van der Waals surface area (Å²) < 4.78 is 0. The van der Waals surface area contributed by atoms with Crippen LogP contribution in [0.15, 0.2) is 65.5 Å². The fourth-order valence-electron chi connectivity index (χ4n) is 3.01. The molecule has 0 spiro atoms. The molecule has 0 saturated carbocycles. The third-order valence-electron chi connectivity index (χ3n) is 4.32. The highest BCUT2D eigenvalue weighted by Gasteiger charge is 2.14. The fraction of sp³-hybridized carbons (Fsp3) is 0.400. The molecule has 0 heterocycles. The Morgan fingerprint density at radius 1 is 0.870 bits per heavy atom. The molecule has 3 heteroatoms. The van der Waals surface area contributed by atoms with E-state index in [0.717, 1.165) is 24.9 Å². The number of unbranched alkanes of at least 4 members (excludes halogenated alkanes) is 1. The lowest BCUT2D eigenvalue weighted by Gasteiger charge is -2.18. The van der Waals surface area contributed by atoms with E-state index >= 15 is 0 Å². The second kappa shape index (κ2) is 10.1. The molecule has 0 fully saturated rings. The number of nitrogens with zero attached hydrogens (tertiary/aromatic N) is 1. The summed E-state index contributed by atoms with van der Waals surface area (Å²) in [4.78, 5) is 3.67. The summed E-state index contributed by atoms with van der Waals surface area (Å²) in [5, 5.41) is 9.22. The molecule has 2 aromatic carbocycles. The predicted octanol–water partition coefficient (Wildman–Crippen LogP) is 6.05. The molecule has 0 amide bonds. The molecule has 0 atom stereocenters. The largest absolute Gasteiger partial charge is 0.421 e. The predicted molar refractivity (Wildman–Crippen MR) is 98.5 cm³/mol. The Labute approximate surface area is 141 Å². The molecule has 23 heavy (non-hydrogen) atoms. The van der Waals surface area contributed by atoms with Crippen LogP contribution in [0.3, 0.4) is 0 Å². The van der Waals surface area contributed by atoms with Gasteiger partial charge in [-0.25, -0.2) is 0 Å². The van der Waals surface area contributed by atoms with E-state index in [-0.39, 0.29) is 0 Å². The highest BCUT2D eigenvalue weighted by Crippen LogP contribution is 2.29. The average molecular weight is 326 g/mol. The van der Waals surface area contributed by atoms with Gasteiger partial charge >= 0.3 is 0 Å². The lowest BCUT2D eigenvalue weighted by Crippen LogP contribution is -2.04. The van der Waals surface area contributed by atoms with Gasteiger partial charge in [0.2, 0.25) is 0 Å². The first-order valence-electron chi connectivity index (χ1n) is 8.64. The molecule has 1 N–H and O–H groups in total. The Hall–Kier alpha value is -1.74. The van der Waals surface area contributed by atoms with E-state index in [2.05, 4.69) is 72.4 Å². The third-order valence-corrected chi connectivity index (χ3v) is 6.47. The third kappa shape index (κ3) is 5.75. The monoisotopic (exact) mass is 325 g/mol. The molecule has 0 aromatic heterocycles. The van der Waals surface area contributed by atoms with E-state index in [4.69, 9.17) is 0 Å². The summed E-state index contributed by atoms with van der Waals surface area (Å²) in [6.45, 7) is 2.19. The van der Waals surface area contributed by atoms with Crippen molar-refractivity contribution in [3.63, 3.8) is 0 Å². The van der Waals surface area contributed by atoms with Gasteiger partial charge in [-0.3, -0.25) is 0 Å². The standard InChI is InChI=1S/C20H27NOSi/c1-2-3-16-23(21-22)17-10-15-20(18-11-6-4-7-12-18)19-13-8-5-9-14-19/h4-9,11-14,20,22H,2-3,10,15-17H2,1H3. The number of hydrogen-bond acceptors (Lipinski definition) is 2. The van der Waals surface area contributed by atoms with Crippen LogP contribution < -0.4 is 0 Å². The zero-order chi connectivity index (χ0) is 16.3. The van der Waals surface area contributed by atoms with Crippen molar-refractivity contribution in [1.29, 1.82) is 0 Å². The molecule has 0 bridgehead atoms. The van der Waals surface area contributed by atoms with Crippen molar-refractivity contribution in [2.75, 3.05) is 0 Å². The molecular formula is C20H27NOSi. The van der Waals surface area contributed by atoms with Gasteiger partial charge in [-0.05, 0) is 29.6 Å². The van der Waals surface area contributed by atoms with E-state index in [1.807, 2.05) is 0 Å². The summed E-state index contributed by atoms with van der Waals surface area (Å²) in [5.74, 6) is 0.436. The van der Waals surface area contributed by atoms with E-state index in [9.17, 15) is 5.21 Å². The van der Waals surface area contributed by atoms with Crippen LogP contribution in [0.2, 0.25) is 12.1 Å². The first-order valence-corrected chi connectivity index (χ1v) is 10.5. The molecule has 0 aliphatic heterocycles. The second-order valence-corrected chi connectivity index (χ2v) is 8.37. The number of rotatable bonds is 9. The molecule has 0 unspecified atom stereocenters. The summed E-state index contributed by atoms with van der Waals surface area (Å²) in [6.07, 6.45) is 4.60. The Bertz CT molecular complexity index is 544. The maximum atomic E-state index is 9.22. The minimum absolute atomic E-state index is 0.436. The van der Waals surface area contributed by atoms with Crippen LogP contribution in [0, 0.1) is 0 Å². The lowest BCUT2D eigenvalue weighted by atomic mass is 9.88. The molecule has 2 aromatic rings. The minimum Gasteiger partial charge on any atom is -0.421 e. The Kier molecular flexibility index (Phi) is 7.74. The SMILES string of the molecule is CCCC[Si](CCCC(c1ccccc1)c1ccccc1)=NO. The first-order chi connectivity index (χ1) is 11.3. The van der Waals surface area contributed by atoms with Crippen LogP contribution in [0.1, 0.15) is 49.7 Å². The Morgan fingerprint density at radius 2 is 1.39 bits per heavy atom. The van der Waals surface area contributed by atoms with Crippen molar-refractivity contribution in [2.45, 2.75) is 50.6 Å². The van der Waals surface area contributed by atoms with Gasteiger partial charge in [0.1, 0.15) is 0 Å². The van der Waals surface area contributed by atoms with Gasteiger partial charge in [-0.1, -0.05) is 86.8 Å². The number of benzene rings is 2. The van der Waals surface area contributed by atoms with Gasteiger partial charge in [-0.15, -0.1) is 0 Å². The van der Waals surface area contributed by atoms with Crippen molar-refractivity contribution in [3.05, 3.63) is 71.8 Å². The molecule has 0 radical (unpaired) electrons. The van der Waals surface area contributed by atoms with Crippen LogP contribution in [0.25, 0.3) is 0 Å². The Morgan fingerprint density at radius 3 is 1.87 bits per heavy atom. The van der Waals surface area contributed by atoms with Gasteiger partial charge < -0.3 is 5.21 Å². The highest BCUT2D eigenvalue weighted by molar-refractivity contribution is 6.46. The maximum absolute atomic E-state index is 9.22. The van der Waals surface area contributed by atoms with E-state index < -0.39 is 8.59 Å². The van der Waals surface area contributed by atoms with Gasteiger partial charge in [0, 0.05) is 5.92 Å². The van der Waals surface area contributed by atoms with E-state index in [0.29, 0.717) is 5.92 Å². The smallest absolute Gasteiger partial charge is 0.179 e. The van der Waals surface area contributed by atoms with Crippen molar-refractivity contribution in [3.8, 4) is 0 Å². The highest BCUT2D eigenvalue weighted by atomic mass is 28.2. The van der Waals surface area contributed by atoms with Crippen molar-refractivity contribution in [2.24, 2.45) is 4.80 Å². The molecule has 122 valence electrons. The maximum Gasteiger partial charge on any atom is 0.179 e. The first kappa shape index (κ1) is 17.6.